The average Bonchev–Trinajstić information content (AvgIpc) is 3.45. The van der Waals surface area contributed by atoms with Crippen LogP contribution in [0.15, 0.2) is 52.5 Å². The normalized spacial score (nSPS) is 28.2. The van der Waals surface area contributed by atoms with Crippen molar-refractivity contribution in [3.05, 3.63) is 87.2 Å². The highest BCUT2D eigenvalue weighted by Gasteiger charge is 2.77. The number of carbonyl (C=O) groups excluding carboxylic acids is 4. The van der Waals surface area contributed by atoms with E-state index in [9.17, 15) is 47.5 Å². The van der Waals surface area contributed by atoms with Crippen LogP contribution in [0, 0.1) is 46.8 Å². The Morgan fingerprint density at radius 1 is 0.885 bits per heavy atom. The standard InChI is InChI=1S/C33H21BBrCl2F5N2O8/c1-52-18-8-11(7-17(35)27(18)45)20-14-5-6-15-19(29(47)43(28(15)46)13-4-2-3-12(9-13)34(50)51)16(14)10-32(36)30(48)44(31(49)33(20,32)37)26-24(41)22(39)21(38)23(40)25(26)42/h2-5,7-9,15-16,19-20,45,50-51H,6,10H2,1H3/t15-,16+,19-,20-,32+,33-/m0/s1. The predicted molar refractivity (Wildman–Crippen MR) is 178 cm³/mol. The largest absolute Gasteiger partial charge is 0.503 e. The molecular formula is C33H21BBrCl2F5N2O8. The predicted octanol–water partition coefficient (Wildman–Crippen LogP) is 4.31. The molecule has 19 heteroatoms. The van der Waals surface area contributed by atoms with Crippen LogP contribution in [0.25, 0.3) is 0 Å². The Bertz CT molecular complexity index is 2170. The number of carbonyl (C=O) groups is 4. The number of fused-ring (bicyclic) bond motifs is 4. The van der Waals surface area contributed by atoms with Crippen molar-refractivity contribution in [3.8, 4) is 11.5 Å². The van der Waals surface area contributed by atoms with Crippen LogP contribution in [0.1, 0.15) is 24.3 Å². The summed E-state index contributed by atoms with van der Waals surface area (Å²) < 4.78 is 78.7. The number of aromatic hydroxyl groups is 1. The second-order valence-electron chi connectivity index (χ2n) is 12.7. The number of benzene rings is 3. The van der Waals surface area contributed by atoms with E-state index in [1.54, 1.807) is 0 Å². The van der Waals surface area contributed by atoms with E-state index in [-0.39, 0.29) is 43.8 Å². The summed E-state index contributed by atoms with van der Waals surface area (Å²) in [5.74, 6) is -23.0. The molecule has 3 aromatic rings. The minimum absolute atomic E-state index is 0.00648. The van der Waals surface area contributed by atoms with Crippen LogP contribution in [0.2, 0.25) is 0 Å². The number of alkyl halides is 2. The van der Waals surface area contributed by atoms with Crippen molar-refractivity contribution in [2.75, 3.05) is 16.9 Å². The molecule has 2 aliphatic carbocycles. The molecule has 6 atom stereocenters. The molecule has 10 nitrogen and oxygen atoms in total. The lowest BCUT2D eigenvalue weighted by Crippen LogP contribution is -2.60. The molecule has 2 aliphatic heterocycles. The maximum Gasteiger partial charge on any atom is 0.488 e. The molecule has 1 saturated carbocycles. The molecule has 0 aromatic heterocycles. The molecule has 2 heterocycles. The Balaban J connectivity index is 1.44. The first-order chi connectivity index (χ1) is 24.4. The number of hydrogen-bond donors (Lipinski definition) is 3. The van der Waals surface area contributed by atoms with E-state index >= 15 is 8.78 Å². The SMILES string of the molecule is COc1cc([C@H]2C3=CC[C@@H]4C(=O)N(c5cccc(B(O)O)c5)C(=O)[C@@H]4[C@@H]3C[C@@]3(Cl)C(=O)N(c4c(F)c(F)c(F)c(F)c4F)C(=O)[C@@]23Cl)cc(Br)c1O. The lowest BCUT2D eigenvalue weighted by atomic mass is 9.56. The van der Waals surface area contributed by atoms with Gasteiger partial charge in [-0.25, -0.2) is 26.9 Å². The fourth-order valence-corrected chi connectivity index (χ4v) is 9.33. The first-order valence-electron chi connectivity index (χ1n) is 15.3. The monoisotopic (exact) mass is 828 g/mol. The highest BCUT2D eigenvalue weighted by molar-refractivity contribution is 9.10. The summed E-state index contributed by atoms with van der Waals surface area (Å²) >= 11 is 17.4. The third-order valence-electron chi connectivity index (χ3n) is 10.3. The van der Waals surface area contributed by atoms with Crippen LogP contribution in [0.4, 0.5) is 33.3 Å². The minimum Gasteiger partial charge on any atom is -0.503 e. The van der Waals surface area contributed by atoms with Crippen LogP contribution in [0.5, 0.6) is 11.5 Å². The number of anilines is 2. The number of phenolic OH excluding ortho intramolecular Hbond substituents is 1. The van der Waals surface area contributed by atoms with E-state index in [0.717, 1.165) is 4.90 Å². The summed E-state index contributed by atoms with van der Waals surface area (Å²) in [6.07, 6.45) is 0.654. The zero-order valence-corrected chi connectivity index (χ0v) is 29.2. The molecule has 0 unspecified atom stereocenters. The number of allylic oxidation sites excluding steroid dienone is 2. The molecule has 0 bridgehead atoms. The highest BCUT2D eigenvalue weighted by Crippen LogP contribution is 2.66. The van der Waals surface area contributed by atoms with Gasteiger partial charge in [0, 0.05) is 5.92 Å². The number of nitrogens with zero attached hydrogens (tertiary/aromatic N) is 2. The second kappa shape index (κ2) is 12.3. The molecule has 3 N–H and O–H groups in total. The van der Waals surface area contributed by atoms with E-state index in [2.05, 4.69) is 15.9 Å². The van der Waals surface area contributed by atoms with Gasteiger partial charge in [-0.2, -0.15) is 0 Å². The lowest BCUT2D eigenvalue weighted by molar-refractivity contribution is -0.125. The fourth-order valence-electron chi connectivity index (χ4n) is 7.94. The van der Waals surface area contributed by atoms with E-state index in [1.165, 1.54) is 49.6 Å². The van der Waals surface area contributed by atoms with E-state index < -0.39 is 111 Å². The van der Waals surface area contributed by atoms with Crippen LogP contribution in [-0.4, -0.2) is 62.8 Å². The van der Waals surface area contributed by atoms with Crippen LogP contribution in [-0.2, 0) is 19.2 Å². The Morgan fingerprint density at radius 2 is 1.52 bits per heavy atom. The minimum atomic E-state index is -2.78. The summed E-state index contributed by atoms with van der Waals surface area (Å²) in [4.78, 5) is 51.9. The highest BCUT2D eigenvalue weighted by atomic mass is 79.9. The van der Waals surface area contributed by atoms with Gasteiger partial charge in [0.15, 0.2) is 44.5 Å². The molecule has 7 rings (SSSR count). The Kier molecular flexibility index (Phi) is 8.57. The summed E-state index contributed by atoms with van der Waals surface area (Å²) in [5, 5.41) is 30.0. The van der Waals surface area contributed by atoms with Gasteiger partial charge in [0.05, 0.1) is 29.1 Å². The van der Waals surface area contributed by atoms with Crippen LogP contribution in [0.3, 0.4) is 0 Å². The number of amides is 4. The molecule has 4 amide bonds. The third-order valence-corrected chi connectivity index (χ3v) is 12.3. The lowest BCUT2D eigenvalue weighted by Gasteiger charge is -2.50. The van der Waals surface area contributed by atoms with Gasteiger partial charge in [-0.05, 0) is 70.0 Å². The topological polar surface area (TPSA) is 145 Å². The quantitative estimate of drug-likeness (QED) is 0.0658. The third kappa shape index (κ3) is 4.68. The number of halogens is 8. The van der Waals surface area contributed by atoms with E-state index in [1.807, 2.05) is 0 Å². The molecule has 0 spiro atoms. The zero-order chi connectivity index (χ0) is 37.9. The number of imide groups is 2. The molecule has 4 aliphatic rings. The molecule has 2 saturated heterocycles. The number of rotatable bonds is 5. The maximum absolute atomic E-state index is 15.3. The van der Waals surface area contributed by atoms with Crippen molar-refractivity contribution in [2.45, 2.75) is 28.5 Å². The van der Waals surface area contributed by atoms with Gasteiger partial charge >= 0.3 is 7.12 Å². The number of phenols is 1. The Labute approximate surface area is 308 Å². The van der Waals surface area contributed by atoms with Crippen molar-refractivity contribution in [3.63, 3.8) is 0 Å². The summed E-state index contributed by atoms with van der Waals surface area (Å²) in [6.45, 7) is 0. The molecule has 3 aromatic carbocycles. The summed E-state index contributed by atoms with van der Waals surface area (Å²) in [5.41, 5.74) is -1.77. The van der Waals surface area contributed by atoms with Crippen molar-refractivity contribution >= 4 is 86.7 Å². The summed E-state index contributed by atoms with van der Waals surface area (Å²) in [7, 11) is -0.748. The molecule has 3 fully saturated rings. The maximum atomic E-state index is 15.3. The molecule has 0 radical (unpaired) electrons. The number of ether oxygens (including phenoxy) is 1. The van der Waals surface area contributed by atoms with Gasteiger partial charge in [0.1, 0.15) is 5.69 Å². The molecule has 270 valence electrons. The van der Waals surface area contributed by atoms with Crippen molar-refractivity contribution in [1.82, 2.24) is 0 Å². The Hall–Kier alpha value is -4.03. The van der Waals surface area contributed by atoms with Crippen LogP contribution >= 0.6 is 39.1 Å². The van der Waals surface area contributed by atoms with Crippen molar-refractivity contribution in [2.24, 2.45) is 17.8 Å². The van der Waals surface area contributed by atoms with Crippen molar-refractivity contribution in [1.29, 1.82) is 0 Å². The molecule has 52 heavy (non-hydrogen) atoms. The van der Waals surface area contributed by atoms with Gasteiger partial charge in [-0.15, -0.1) is 23.2 Å². The summed E-state index contributed by atoms with van der Waals surface area (Å²) in [6, 6.07) is 7.82. The second-order valence-corrected chi connectivity index (χ2v) is 14.8. The van der Waals surface area contributed by atoms with Gasteiger partial charge in [0.2, 0.25) is 17.6 Å². The Morgan fingerprint density at radius 3 is 2.13 bits per heavy atom. The average molecular weight is 830 g/mol. The zero-order valence-electron chi connectivity index (χ0n) is 26.1. The molecular weight excluding hydrogens is 809 g/mol. The number of methoxy groups -OCH3 is 1. The van der Waals surface area contributed by atoms with Gasteiger partial charge in [0.25, 0.3) is 11.8 Å². The van der Waals surface area contributed by atoms with Gasteiger partial charge < -0.3 is 19.9 Å². The fraction of sp³-hybridized carbons (Fsp3) is 0.273. The first-order valence-corrected chi connectivity index (χ1v) is 16.9. The van der Waals surface area contributed by atoms with E-state index in [4.69, 9.17) is 27.9 Å². The van der Waals surface area contributed by atoms with Gasteiger partial charge in [-0.1, -0.05) is 23.8 Å². The smallest absolute Gasteiger partial charge is 0.488 e. The van der Waals surface area contributed by atoms with Crippen molar-refractivity contribution < 1.29 is 61.0 Å². The number of hydrogen-bond acceptors (Lipinski definition) is 8. The van der Waals surface area contributed by atoms with E-state index in [0.29, 0.717) is 0 Å². The first kappa shape index (κ1) is 36.3. The van der Waals surface area contributed by atoms with Crippen LogP contribution < -0.4 is 20.0 Å². The van der Waals surface area contributed by atoms with Gasteiger partial charge in [-0.3, -0.25) is 24.1 Å².